The normalized spacial score (nSPS) is 10.5. The summed E-state index contributed by atoms with van der Waals surface area (Å²) in [4.78, 5) is 0. The van der Waals surface area contributed by atoms with E-state index in [0.717, 1.165) is 18.2 Å². The molecule has 0 atom stereocenters. The van der Waals surface area contributed by atoms with E-state index in [1.807, 2.05) is 0 Å². The molecule has 1 rings (SSSR count). The number of hydrogen-bond donors (Lipinski definition) is 2. The second kappa shape index (κ2) is 2.74. The second-order valence-corrected chi connectivity index (χ2v) is 2.04. The third-order valence-electron chi connectivity index (χ3n) is 1.25. The van der Waals surface area contributed by atoms with Crippen molar-refractivity contribution in [3.8, 4) is 11.5 Å². The van der Waals surface area contributed by atoms with Gasteiger partial charge in [-0.3, -0.25) is 0 Å². The molecule has 0 unspecified atom stereocenters. The first-order valence-corrected chi connectivity index (χ1v) is 2.91. The number of phenols is 2. The Morgan fingerprint density at radius 3 is 2.27 bits per heavy atom. The summed E-state index contributed by atoms with van der Waals surface area (Å²) in [5.41, 5.74) is -0.551. The molecule has 0 fully saturated rings. The van der Waals surface area contributed by atoms with Gasteiger partial charge in [-0.05, 0) is 18.2 Å². The van der Waals surface area contributed by atoms with Gasteiger partial charge in [0, 0.05) is 0 Å². The van der Waals surface area contributed by atoms with E-state index in [0.29, 0.717) is 0 Å². The van der Waals surface area contributed by atoms with Gasteiger partial charge in [0.25, 0.3) is 6.43 Å². The Hall–Kier alpha value is -1.32. The molecule has 1 aromatic rings. The Kier molecular flexibility index (Phi) is 1.94. The summed E-state index contributed by atoms with van der Waals surface area (Å²) in [6.07, 6.45) is -2.76. The van der Waals surface area contributed by atoms with Crippen molar-refractivity contribution in [3.05, 3.63) is 23.8 Å². The van der Waals surface area contributed by atoms with E-state index < -0.39 is 17.7 Å². The number of phenolic OH excluding ortho intramolecular Hbond substituents is 2. The fourth-order valence-electron chi connectivity index (χ4n) is 0.717. The highest BCUT2D eigenvalue weighted by Crippen LogP contribution is 2.30. The smallest absolute Gasteiger partial charge is 0.267 e. The van der Waals surface area contributed by atoms with Crippen LogP contribution in [0.2, 0.25) is 0 Å². The van der Waals surface area contributed by atoms with Crippen molar-refractivity contribution in [1.29, 1.82) is 0 Å². The standard InChI is InChI=1S/C7H6F2O2/c8-7(9)5-3-4(10)1-2-6(5)11/h1-3,7,10-11H. The summed E-state index contributed by atoms with van der Waals surface area (Å²) in [6, 6.07) is 3.00. The molecule has 0 aliphatic rings. The molecule has 0 heterocycles. The van der Waals surface area contributed by atoms with Crippen LogP contribution < -0.4 is 0 Å². The summed E-state index contributed by atoms with van der Waals surface area (Å²) < 4.78 is 23.9. The molecule has 60 valence electrons. The van der Waals surface area contributed by atoms with Crippen molar-refractivity contribution in [1.82, 2.24) is 0 Å². The first-order chi connectivity index (χ1) is 5.11. The maximum Gasteiger partial charge on any atom is 0.267 e. The Labute approximate surface area is 61.7 Å². The van der Waals surface area contributed by atoms with Crippen LogP contribution in [-0.2, 0) is 0 Å². The number of hydrogen-bond acceptors (Lipinski definition) is 2. The maximum absolute atomic E-state index is 11.9. The third kappa shape index (κ3) is 1.58. The van der Waals surface area contributed by atoms with Crippen LogP contribution >= 0.6 is 0 Å². The zero-order valence-corrected chi connectivity index (χ0v) is 5.46. The minimum atomic E-state index is -2.76. The highest BCUT2D eigenvalue weighted by atomic mass is 19.3. The lowest BCUT2D eigenvalue weighted by Crippen LogP contribution is -1.83. The van der Waals surface area contributed by atoms with Gasteiger partial charge in [-0.25, -0.2) is 8.78 Å². The molecular formula is C7H6F2O2. The van der Waals surface area contributed by atoms with Gasteiger partial charge in [0.1, 0.15) is 11.5 Å². The molecular weight excluding hydrogens is 154 g/mol. The highest BCUT2D eigenvalue weighted by Gasteiger charge is 2.12. The van der Waals surface area contributed by atoms with Crippen LogP contribution in [0.25, 0.3) is 0 Å². The monoisotopic (exact) mass is 160 g/mol. The molecule has 0 saturated carbocycles. The van der Waals surface area contributed by atoms with Crippen LogP contribution in [0, 0.1) is 0 Å². The van der Waals surface area contributed by atoms with Gasteiger partial charge in [0.05, 0.1) is 5.56 Å². The first kappa shape index (κ1) is 7.78. The average Bonchev–Trinajstić information content (AvgIpc) is 1.94. The van der Waals surface area contributed by atoms with E-state index in [9.17, 15) is 8.78 Å². The van der Waals surface area contributed by atoms with Crippen LogP contribution in [-0.4, -0.2) is 10.2 Å². The molecule has 0 saturated heterocycles. The Balaban J connectivity index is 3.13. The van der Waals surface area contributed by atoms with Crippen molar-refractivity contribution in [2.75, 3.05) is 0 Å². The second-order valence-electron chi connectivity index (χ2n) is 2.04. The Morgan fingerprint density at radius 1 is 1.18 bits per heavy atom. The Bertz CT molecular complexity index is 261. The maximum atomic E-state index is 11.9. The number of benzene rings is 1. The van der Waals surface area contributed by atoms with Crippen LogP contribution in [0.15, 0.2) is 18.2 Å². The van der Waals surface area contributed by atoms with Gasteiger partial charge in [-0.15, -0.1) is 0 Å². The van der Waals surface area contributed by atoms with Crippen molar-refractivity contribution in [2.45, 2.75) is 6.43 Å². The number of halogens is 2. The number of alkyl halides is 2. The van der Waals surface area contributed by atoms with Crippen LogP contribution in [0.3, 0.4) is 0 Å². The fourth-order valence-corrected chi connectivity index (χ4v) is 0.717. The molecule has 1 aromatic carbocycles. The molecule has 0 spiro atoms. The predicted molar refractivity (Wildman–Crippen MR) is 34.7 cm³/mol. The van der Waals surface area contributed by atoms with Gasteiger partial charge in [0.15, 0.2) is 0 Å². The van der Waals surface area contributed by atoms with E-state index in [4.69, 9.17) is 10.2 Å². The lowest BCUT2D eigenvalue weighted by molar-refractivity contribution is 0.147. The molecule has 0 radical (unpaired) electrons. The quantitative estimate of drug-likeness (QED) is 0.617. The number of rotatable bonds is 1. The molecule has 2 nitrogen and oxygen atoms in total. The molecule has 0 aliphatic heterocycles. The van der Waals surface area contributed by atoms with Crippen LogP contribution in [0.5, 0.6) is 11.5 Å². The van der Waals surface area contributed by atoms with Crippen molar-refractivity contribution >= 4 is 0 Å². The van der Waals surface area contributed by atoms with Gasteiger partial charge in [0.2, 0.25) is 0 Å². The highest BCUT2D eigenvalue weighted by molar-refractivity contribution is 5.39. The molecule has 0 bridgehead atoms. The van der Waals surface area contributed by atoms with E-state index in [2.05, 4.69) is 0 Å². The van der Waals surface area contributed by atoms with E-state index >= 15 is 0 Å². The van der Waals surface area contributed by atoms with E-state index in [1.54, 1.807) is 0 Å². The molecule has 0 aliphatic carbocycles. The zero-order chi connectivity index (χ0) is 8.43. The lowest BCUT2D eigenvalue weighted by Gasteiger charge is -2.02. The van der Waals surface area contributed by atoms with Crippen molar-refractivity contribution in [2.24, 2.45) is 0 Å². The fraction of sp³-hybridized carbons (Fsp3) is 0.143. The first-order valence-electron chi connectivity index (χ1n) is 2.91. The van der Waals surface area contributed by atoms with Crippen molar-refractivity contribution < 1.29 is 19.0 Å². The lowest BCUT2D eigenvalue weighted by atomic mass is 10.2. The van der Waals surface area contributed by atoms with Gasteiger partial charge in [-0.1, -0.05) is 0 Å². The topological polar surface area (TPSA) is 40.5 Å². The molecule has 2 N–H and O–H groups in total. The molecule has 11 heavy (non-hydrogen) atoms. The SMILES string of the molecule is Oc1ccc(O)c(C(F)F)c1. The largest absolute Gasteiger partial charge is 0.508 e. The Morgan fingerprint density at radius 2 is 1.82 bits per heavy atom. The number of aromatic hydroxyl groups is 2. The van der Waals surface area contributed by atoms with Crippen LogP contribution in [0.1, 0.15) is 12.0 Å². The average molecular weight is 160 g/mol. The van der Waals surface area contributed by atoms with Gasteiger partial charge in [-0.2, -0.15) is 0 Å². The van der Waals surface area contributed by atoms with Gasteiger partial charge >= 0.3 is 0 Å². The van der Waals surface area contributed by atoms with Gasteiger partial charge < -0.3 is 10.2 Å². The summed E-state index contributed by atoms with van der Waals surface area (Å²) >= 11 is 0. The third-order valence-corrected chi connectivity index (χ3v) is 1.25. The van der Waals surface area contributed by atoms with E-state index in [-0.39, 0.29) is 5.75 Å². The molecule has 4 heteroatoms. The summed E-state index contributed by atoms with van der Waals surface area (Å²) in [6.45, 7) is 0. The summed E-state index contributed by atoms with van der Waals surface area (Å²) in [5, 5.41) is 17.6. The predicted octanol–water partition coefficient (Wildman–Crippen LogP) is 2.04. The van der Waals surface area contributed by atoms with E-state index in [1.165, 1.54) is 0 Å². The minimum absolute atomic E-state index is 0.280. The minimum Gasteiger partial charge on any atom is -0.508 e. The zero-order valence-electron chi connectivity index (χ0n) is 5.46. The summed E-state index contributed by atoms with van der Waals surface area (Å²) in [5.74, 6) is -0.782. The van der Waals surface area contributed by atoms with Crippen molar-refractivity contribution in [3.63, 3.8) is 0 Å². The van der Waals surface area contributed by atoms with Crippen LogP contribution in [0.4, 0.5) is 8.78 Å². The summed E-state index contributed by atoms with van der Waals surface area (Å²) in [7, 11) is 0. The molecule has 0 aromatic heterocycles. The molecule has 0 amide bonds.